The molecular weight excluding hydrogens is 314 g/mol. The Morgan fingerprint density at radius 3 is 2.06 bits per heavy atom. The molecule has 0 fully saturated rings. The van der Waals surface area contributed by atoms with Crippen molar-refractivity contribution < 1.29 is 34.8 Å². The number of aldehydes is 1. The molecule has 10 heteroatoms. The molecule has 0 aliphatic rings. The summed E-state index contributed by atoms with van der Waals surface area (Å²) in [6.45, 7) is -0.795. The van der Waals surface area contributed by atoms with Crippen molar-refractivity contribution in [3.05, 3.63) is 0 Å². The van der Waals surface area contributed by atoms with Crippen LogP contribution in [0, 0.1) is 0 Å². The van der Waals surface area contributed by atoms with Crippen LogP contribution in [0.1, 0.15) is 0 Å². The second-order valence-electron chi connectivity index (χ2n) is 3.27. The molecule has 106 valence electrons. The topological polar surface area (TPSA) is 124 Å². The number of halogens is 3. The minimum absolute atomic E-state index is 0.0338. The van der Waals surface area contributed by atoms with Crippen molar-refractivity contribution in [2.45, 2.75) is 28.2 Å². The first kappa shape index (κ1) is 17.8. The number of carbonyl (C=O) groups excluding carboxylic acids is 2. The van der Waals surface area contributed by atoms with Crippen LogP contribution in [0.3, 0.4) is 0 Å². The highest BCUT2D eigenvalue weighted by atomic mass is 35.6. The highest BCUT2D eigenvalue weighted by molar-refractivity contribution is 6.75. The molecule has 18 heavy (non-hydrogen) atoms. The first-order valence-electron chi connectivity index (χ1n) is 4.52. The normalized spacial score (nSPS) is 18.6. The van der Waals surface area contributed by atoms with Crippen molar-refractivity contribution in [1.82, 2.24) is 0 Å². The first-order chi connectivity index (χ1) is 8.11. The predicted octanol–water partition coefficient (Wildman–Crippen LogP) is -1.46. The van der Waals surface area contributed by atoms with Crippen LogP contribution in [0.5, 0.6) is 0 Å². The number of alkyl halides is 3. The van der Waals surface area contributed by atoms with Crippen molar-refractivity contribution >= 4 is 47.1 Å². The van der Waals surface area contributed by atoms with Crippen LogP contribution in [0.4, 0.5) is 0 Å². The van der Waals surface area contributed by atoms with Gasteiger partial charge in [0.05, 0.1) is 0 Å². The van der Waals surface area contributed by atoms with Gasteiger partial charge in [0.2, 0.25) is 0 Å². The molecule has 4 N–H and O–H groups in total. The van der Waals surface area contributed by atoms with Gasteiger partial charge in [0.25, 0.3) is 3.79 Å². The lowest BCUT2D eigenvalue weighted by atomic mass is 10.0. The van der Waals surface area contributed by atoms with Gasteiger partial charge in [-0.15, -0.1) is 0 Å². The molecule has 0 radical (unpaired) electrons. The molecule has 0 amide bonds. The maximum Gasteiger partial charge on any atom is 0.358 e. The Kier molecular flexibility index (Phi) is 7.38. The molecule has 0 aliphatic carbocycles. The first-order valence-corrected chi connectivity index (χ1v) is 5.66. The molecule has 0 bridgehead atoms. The Labute approximate surface area is 117 Å². The van der Waals surface area contributed by atoms with E-state index in [1.165, 1.54) is 0 Å². The van der Waals surface area contributed by atoms with Gasteiger partial charge in [-0.25, -0.2) is 4.79 Å². The molecule has 0 saturated carbocycles. The molecule has 0 unspecified atom stereocenters. The molecule has 0 aliphatic heterocycles. The van der Waals surface area contributed by atoms with Crippen LogP contribution in [0.25, 0.3) is 0 Å². The fourth-order valence-corrected chi connectivity index (χ4v) is 1.02. The molecule has 0 spiro atoms. The third kappa shape index (κ3) is 5.66. The molecule has 0 aromatic rings. The van der Waals surface area contributed by atoms with Crippen LogP contribution in [-0.4, -0.2) is 67.5 Å². The summed E-state index contributed by atoms with van der Waals surface area (Å²) in [4.78, 5) is 21.1. The fourth-order valence-electron chi connectivity index (χ4n) is 0.852. The summed E-state index contributed by atoms with van der Waals surface area (Å²) < 4.78 is 1.99. The molecule has 0 heterocycles. The Bertz CT molecular complexity index is 293. The molecular formula is C8H11Cl3O7. The molecule has 0 aromatic heterocycles. The van der Waals surface area contributed by atoms with Gasteiger partial charge in [-0.1, -0.05) is 34.8 Å². The van der Waals surface area contributed by atoms with E-state index in [0.29, 0.717) is 0 Å². The van der Waals surface area contributed by atoms with Crippen LogP contribution in [0.2, 0.25) is 0 Å². The smallest absolute Gasteiger partial charge is 0.358 e. The number of hydrogen-bond donors (Lipinski definition) is 4. The number of esters is 1. The van der Waals surface area contributed by atoms with E-state index in [0.717, 1.165) is 0 Å². The Morgan fingerprint density at radius 2 is 1.67 bits per heavy atom. The van der Waals surface area contributed by atoms with Crippen molar-refractivity contribution in [1.29, 1.82) is 0 Å². The van der Waals surface area contributed by atoms with Gasteiger partial charge >= 0.3 is 5.97 Å². The van der Waals surface area contributed by atoms with Crippen molar-refractivity contribution in [3.8, 4) is 0 Å². The zero-order chi connectivity index (χ0) is 14.5. The van der Waals surface area contributed by atoms with E-state index in [2.05, 4.69) is 4.74 Å². The van der Waals surface area contributed by atoms with Crippen LogP contribution < -0.4 is 0 Å². The maximum absolute atomic E-state index is 11.0. The Hall–Kier alpha value is -0.150. The molecule has 0 saturated heterocycles. The van der Waals surface area contributed by atoms with Gasteiger partial charge in [0.15, 0.2) is 6.29 Å². The number of hydrogen-bond acceptors (Lipinski definition) is 7. The number of rotatable bonds is 6. The minimum Gasteiger partial charge on any atom is -0.460 e. The monoisotopic (exact) mass is 324 g/mol. The Balaban J connectivity index is 4.29. The Morgan fingerprint density at radius 1 is 1.17 bits per heavy atom. The maximum atomic E-state index is 11.0. The van der Waals surface area contributed by atoms with E-state index in [-0.39, 0.29) is 6.29 Å². The average Bonchev–Trinajstić information content (AvgIpc) is 2.31. The predicted molar refractivity (Wildman–Crippen MR) is 61.3 cm³/mol. The summed E-state index contributed by atoms with van der Waals surface area (Å²) >= 11 is 15.5. The summed E-state index contributed by atoms with van der Waals surface area (Å²) in [7, 11) is 0. The van der Waals surface area contributed by atoms with Crippen molar-refractivity contribution in [2.75, 3.05) is 6.61 Å². The lowest BCUT2D eigenvalue weighted by Gasteiger charge is -2.24. The van der Waals surface area contributed by atoms with Gasteiger partial charge in [-0.05, 0) is 0 Å². The standard InChI is InChI=1S/C8H11Cl3O7/c9-8(10,11)7(17)18-2-4(14)6(16)5(15)3(13)1-12/h1,3-6,13-16H,2H2/t3-,4+,5+,6-/m0/s1. The van der Waals surface area contributed by atoms with E-state index in [4.69, 9.17) is 39.9 Å². The summed E-state index contributed by atoms with van der Waals surface area (Å²) in [6.07, 6.45) is -7.56. The molecule has 0 aromatic carbocycles. The van der Waals surface area contributed by atoms with Gasteiger partial charge in [-0.2, -0.15) is 0 Å². The van der Waals surface area contributed by atoms with E-state index >= 15 is 0 Å². The van der Waals surface area contributed by atoms with Gasteiger partial charge in [0, 0.05) is 0 Å². The minimum atomic E-state index is -2.34. The largest absolute Gasteiger partial charge is 0.460 e. The summed E-state index contributed by atoms with van der Waals surface area (Å²) in [5.41, 5.74) is 0. The quantitative estimate of drug-likeness (QED) is 0.267. The van der Waals surface area contributed by atoms with Gasteiger partial charge < -0.3 is 30.0 Å². The summed E-state index contributed by atoms with van der Waals surface area (Å²) in [5, 5.41) is 36.7. The summed E-state index contributed by atoms with van der Waals surface area (Å²) in [5.74, 6) is -1.29. The number of aliphatic hydroxyl groups is 4. The second-order valence-corrected chi connectivity index (χ2v) is 5.55. The van der Waals surface area contributed by atoms with Crippen molar-refractivity contribution in [3.63, 3.8) is 0 Å². The van der Waals surface area contributed by atoms with Crippen LogP contribution in [-0.2, 0) is 14.3 Å². The van der Waals surface area contributed by atoms with E-state index in [9.17, 15) is 24.9 Å². The highest BCUT2D eigenvalue weighted by Gasteiger charge is 2.35. The third-order valence-corrected chi connectivity index (χ3v) is 2.31. The van der Waals surface area contributed by atoms with E-state index < -0.39 is 40.8 Å². The van der Waals surface area contributed by atoms with Crippen LogP contribution >= 0.6 is 34.8 Å². The number of aliphatic hydroxyl groups excluding tert-OH is 4. The number of carbonyl (C=O) groups is 2. The average molecular weight is 326 g/mol. The fraction of sp³-hybridized carbons (Fsp3) is 0.750. The van der Waals surface area contributed by atoms with Gasteiger partial charge in [0.1, 0.15) is 31.0 Å². The van der Waals surface area contributed by atoms with E-state index in [1.54, 1.807) is 0 Å². The molecule has 7 nitrogen and oxygen atoms in total. The lowest BCUT2D eigenvalue weighted by Crippen LogP contribution is -2.47. The zero-order valence-electron chi connectivity index (χ0n) is 8.74. The van der Waals surface area contributed by atoms with Crippen LogP contribution in [0.15, 0.2) is 0 Å². The van der Waals surface area contributed by atoms with Crippen molar-refractivity contribution in [2.24, 2.45) is 0 Å². The molecule has 0 rings (SSSR count). The SMILES string of the molecule is O=C[C@H](O)[C@@H](O)[C@@H](O)[C@H](O)COC(=O)C(Cl)(Cl)Cl. The zero-order valence-corrected chi connectivity index (χ0v) is 11.0. The van der Waals surface area contributed by atoms with E-state index in [1.807, 2.05) is 0 Å². The highest BCUT2D eigenvalue weighted by Crippen LogP contribution is 2.27. The molecule has 4 atom stereocenters. The number of ether oxygens (including phenoxy) is 1. The third-order valence-electron chi connectivity index (χ3n) is 1.85. The second kappa shape index (κ2) is 7.44. The summed E-state index contributed by atoms with van der Waals surface area (Å²) in [6, 6.07) is 0. The van der Waals surface area contributed by atoms with Gasteiger partial charge in [-0.3, -0.25) is 0 Å². The lowest BCUT2D eigenvalue weighted by molar-refractivity contribution is -0.155.